The van der Waals surface area contributed by atoms with Crippen molar-refractivity contribution in [2.75, 3.05) is 6.61 Å². The van der Waals surface area contributed by atoms with Gasteiger partial charge in [-0.2, -0.15) is 0 Å². The van der Waals surface area contributed by atoms with Crippen LogP contribution in [-0.2, 0) is 4.79 Å². The third-order valence-corrected chi connectivity index (χ3v) is 1.17. The number of carbonyl (C=O) groups excluding carboxylic acids is 1. The van der Waals surface area contributed by atoms with E-state index < -0.39 is 6.10 Å². The molecule has 0 aliphatic rings. The minimum absolute atomic E-state index is 0.0834. The van der Waals surface area contributed by atoms with Crippen molar-refractivity contribution >= 4 is 5.78 Å². The second kappa shape index (κ2) is 5.69. The van der Waals surface area contributed by atoms with Crippen LogP contribution >= 0.6 is 0 Å². The number of aliphatic hydroxyl groups excluding tert-OH is 2. The fourth-order valence-corrected chi connectivity index (χ4v) is 0.695. The Morgan fingerprint density at radius 1 is 1.50 bits per heavy atom. The van der Waals surface area contributed by atoms with E-state index >= 15 is 0 Å². The summed E-state index contributed by atoms with van der Waals surface area (Å²) in [5.41, 5.74) is 0.542. The highest BCUT2D eigenvalue weighted by atomic mass is 16.3. The van der Waals surface area contributed by atoms with E-state index in [-0.39, 0.29) is 12.4 Å². The van der Waals surface area contributed by atoms with Gasteiger partial charge in [0.1, 0.15) is 0 Å². The van der Waals surface area contributed by atoms with Crippen LogP contribution in [0.3, 0.4) is 0 Å². The van der Waals surface area contributed by atoms with E-state index in [4.69, 9.17) is 10.2 Å². The lowest BCUT2D eigenvalue weighted by Gasteiger charge is -1.98. The first-order chi connectivity index (χ1) is 5.56. The molecule has 0 saturated heterocycles. The molecule has 3 nitrogen and oxygen atoms in total. The van der Waals surface area contributed by atoms with Crippen LogP contribution in [-0.4, -0.2) is 28.7 Å². The second-order valence-corrected chi connectivity index (χ2v) is 2.58. The quantitative estimate of drug-likeness (QED) is 0.475. The van der Waals surface area contributed by atoms with Crippen LogP contribution in [0.2, 0.25) is 0 Å². The van der Waals surface area contributed by atoms with E-state index in [9.17, 15) is 4.79 Å². The van der Waals surface area contributed by atoms with Gasteiger partial charge in [0.2, 0.25) is 0 Å². The molecule has 12 heavy (non-hydrogen) atoms. The van der Waals surface area contributed by atoms with E-state index in [1.807, 2.05) is 0 Å². The molecule has 0 amide bonds. The first-order valence-corrected chi connectivity index (χ1v) is 3.74. The zero-order valence-electron chi connectivity index (χ0n) is 7.32. The van der Waals surface area contributed by atoms with Gasteiger partial charge in [0.15, 0.2) is 5.78 Å². The predicted molar refractivity (Wildman–Crippen MR) is 46.7 cm³/mol. The molecular weight excluding hydrogens is 156 g/mol. The first-order valence-electron chi connectivity index (χ1n) is 3.74. The maximum Gasteiger partial charge on any atom is 0.152 e. The Labute approximate surface area is 72.0 Å². The number of ketones is 1. The molecule has 0 aliphatic carbocycles. The van der Waals surface area contributed by atoms with Gasteiger partial charge in [0, 0.05) is 0 Å². The van der Waals surface area contributed by atoms with Crippen LogP contribution in [0.25, 0.3) is 0 Å². The summed E-state index contributed by atoms with van der Waals surface area (Å²) in [5, 5.41) is 17.7. The smallest absolute Gasteiger partial charge is 0.152 e. The molecule has 0 radical (unpaired) electrons. The van der Waals surface area contributed by atoms with Crippen molar-refractivity contribution in [3.63, 3.8) is 0 Å². The van der Waals surface area contributed by atoms with E-state index in [1.54, 1.807) is 6.92 Å². The largest absolute Gasteiger partial charge is 0.392 e. The lowest BCUT2D eigenvalue weighted by Crippen LogP contribution is -1.98. The van der Waals surface area contributed by atoms with Crippen LogP contribution in [0.4, 0.5) is 0 Å². The highest BCUT2D eigenvalue weighted by molar-refractivity contribution is 5.87. The summed E-state index contributed by atoms with van der Waals surface area (Å²) in [6, 6.07) is 0. The van der Waals surface area contributed by atoms with Gasteiger partial charge in [-0.25, -0.2) is 0 Å². The van der Waals surface area contributed by atoms with Crippen LogP contribution in [0.5, 0.6) is 0 Å². The maximum atomic E-state index is 10.5. The highest BCUT2D eigenvalue weighted by Crippen LogP contribution is 1.98. The molecular formula is C9H14O3. The van der Waals surface area contributed by atoms with Gasteiger partial charge in [0.05, 0.1) is 12.7 Å². The minimum Gasteiger partial charge on any atom is -0.392 e. The van der Waals surface area contributed by atoms with Crippen molar-refractivity contribution in [3.05, 3.63) is 23.8 Å². The molecule has 0 aromatic carbocycles. The van der Waals surface area contributed by atoms with Gasteiger partial charge in [-0.15, -0.1) is 0 Å². The fourth-order valence-electron chi connectivity index (χ4n) is 0.695. The standard InChI is InChI=1S/C9H14O3/c1-7(11)3-4-9(6-10)5-8(2)12/h3-5,8,10,12H,6H2,1-2H3/b4-3+,9-5+/t8-/m1/s1. The van der Waals surface area contributed by atoms with E-state index in [0.29, 0.717) is 5.57 Å². The molecule has 0 unspecified atom stereocenters. The number of hydrogen-bond acceptors (Lipinski definition) is 3. The number of aliphatic hydroxyl groups is 2. The van der Waals surface area contributed by atoms with Gasteiger partial charge in [-0.1, -0.05) is 12.2 Å². The Hall–Kier alpha value is -0.930. The number of carbonyl (C=O) groups is 1. The molecule has 1 atom stereocenters. The molecule has 0 aliphatic heterocycles. The molecule has 3 heteroatoms. The SMILES string of the molecule is CC(=O)/C=C/C(=C\[C@@H](C)O)CO. The number of allylic oxidation sites excluding steroid dienone is 1. The van der Waals surface area contributed by atoms with E-state index in [0.717, 1.165) is 0 Å². The van der Waals surface area contributed by atoms with Crippen molar-refractivity contribution in [3.8, 4) is 0 Å². The molecule has 2 N–H and O–H groups in total. The first kappa shape index (κ1) is 11.1. The second-order valence-electron chi connectivity index (χ2n) is 2.58. The van der Waals surface area contributed by atoms with E-state index in [2.05, 4.69) is 0 Å². The Morgan fingerprint density at radius 3 is 2.42 bits per heavy atom. The number of hydrogen-bond donors (Lipinski definition) is 2. The third-order valence-electron chi connectivity index (χ3n) is 1.17. The van der Waals surface area contributed by atoms with Crippen molar-refractivity contribution < 1.29 is 15.0 Å². The summed E-state index contributed by atoms with van der Waals surface area (Å²) in [7, 11) is 0. The van der Waals surface area contributed by atoms with E-state index in [1.165, 1.54) is 25.2 Å². The lowest BCUT2D eigenvalue weighted by atomic mass is 10.2. The average molecular weight is 170 g/mol. The Balaban J connectivity index is 4.27. The normalized spacial score (nSPS) is 15.2. The molecule has 0 spiro atoms. The average Bonchev–Trinajstić information content (AvgIpc) is 1.97. The topological polar surface area (TPSA) is 57.5 Å². The van der Waals surface area contributed by atoms with Crippen molar-refractivity contribution in [2.45, 2.75) is 20.0 Å². The zero-order valence-corrected chi connectivity index (χ0v) is 7.32. The summed E-state index contributed by atoms with van der Waals surface area (Å²) in [6.45, 7) is 2.83. The Kier molecular flexibility index (Phi) is 5.25. The molecule has 0 bridgehead atoms. The fraction of sp³-hybridized carbons (Fsp3) is 0.444. The predicted octanol–water partition coefficient (Wildman–Crippen LogP) is 0.431. The van der Waals surface area contributed by atoms with Crippen LogP contribution in [0.15, 0.2) is 23.8 Å². The van der Waals surface area contributed by atoms with Gasteiger partial charge < -0.3 is 10.2 Å². The van der Waals surface area contributed by atoms with Gasteiger partial charge in [-0.05, 0) is 25.5 Å². The Morgan fingerprint density at radius 2 is 2.08 bits per heavy atom. The zero-order chi connectivity index (χ0) is 9.56. The lowest BCUT2D eigenvalue weighted by molar-refractivity contribution is -0.112. The van der Waals surface area contributed by atoms with Crippen LogP contribution in [0, 0.1) is 0 Å². The highest BCUT2D eigenvalue weighted by Gasteiger charge is 1.93. The van der Waals surface area contributed by atoms with Crippen molar-refractivity contribution in [1.82, 2.24) is 0 Å². The Bertz CT molecular complexity index is 202. The number of rotatable bonds is 4. The minimum atomic E-state index is -0.608. The van der Waals surface area contributed by atoms with Crippen LogP contribution in [0.1, 0.15) is 13.8 Å². The molecule has 68 valence electrons. The van der Waals surface area contributed by atoms with Gasteiger partial charge >= 0.3 is 0 Å². The third kappa shape index (κ3) is 5.82. The van der Waals surface area contributed by atoms with Crippen molar-refractivity contribution in [1.29, 1.82) is 0 Å². The molecule has 0 aromatic rings. The van der Waals surface area contributed by atoms with Gasteiger partial charge in [-0.3, -0.25) is 4.79 Å². The molecule has 0 fully saturated rings. The summed E-state index contributed by atoms with van der Waals surface area (Å²) in [6.07, 6.45) is 3.72. The summed E-state index contributed by atoms with van der Waals surface area (Å²) in [5.74, 6) is -0.0834. The monoisotopic (exact) mass is 170 g/mol. The maximum absolute atomic E-state index is 10.5. The summed E-state index contributed by atoms with van der Waals surface area (Å²) < 4.78 is 0. The van der Waals surface area contributed by atoms with Crippen LogP contribution < -0.4 is 0 Å². The molecule has 0 rings (SSSR count). The van der Waals surface area contributed by atoms with Gasteiger partial charge in [0.25, 0.3) is 0 Å². The molecule has 0 aromatic heterocycles. The molecule has 0 heterocycles. The summed E-state index contributed by atoms with van der Waals surface area (Å²) in [4.78, 5) is 10.5. The molecule has 0 saturated carbocycles. The summed E-state index contributed by atoms with van der Waals surface area (Å²) >= 11 is 0. The van der Waals surface area contributed by atoms with Crippen molar-refractivity contribution in [2.24, 2.45) is 0 Å².